The van der Waals surface area contributed by atoms with Gasteiger partial charge in [-0.15, -0.1) is 0 Å². The first-order valence-electron chi connectivity index (χ1n) is 6.24. The maximum atomic E-state index is 12.0. The Morgan fingerprint density at radius 1 is 1.43 bits per heavy atom. The number of amides is 2. The smallest absolute Gasteiger partial charge is 0.285 e. The largest absolute Gasteiger partial charge is 0.358 e. The van der Waals surface area contributed by atoms with Crippen LogP contribution in [0.1, 0.15) is 16.8 Å². The Morgan fingerprint density at radius 2 is 2.05 bits per heavy atom. The second-order valence-corrected chi connectivity index (χ2v) is 4.58. The summed E-state index contributed by atoms with van der Waals surface area (Å²) in [5.74, 6) is -0.760. The van der Waals surface area contributed by atoms with E-state index in [1.54, 1.807) is 13.8 Å². The van der Waals surface area contributed by atoms with Gasteiger partial charge < -0.3 is 10.2 Å². The highest BCUT2D eigenvalue weighted by atomic mass is 16.2. The van der Waals surface area contributed by atoms with E-state index in [-0.39, 0.29) is 24.6 Å². The van der Waals surface area contributed by atoms with Crippen LogP contribution in [-0.2, 0) is 16.1 Å². The van der Waals surface area contributed by atoms with E-state index in [0.29, 0.717) is 11.3 Å². The Morgan fingerprint density at radius 3 is 2.57 bits per heavy atom. The van der Waals surface area contributed by atoms with Gasteiger partial charge in [0.1, 0.15) is 18.2 Å². The molecule has 0 aliphatic carbocycles. The number of likely N-dealkylation sites (N-methyl/N-ethyl adjacent to an activating group) is 2. The first-order chi connectivity index (χ1) is 9.81. The zero-order valence-electron chi connectivity index (χ0n) is 12.4. The number of aryl methyl sites for hydroxylation is 1. The van der Waals surface area contributed by atoms with Crippen molar-refractivity contribution in [3.05, 3.63) is 27.2 Å². The molecule has 0 atom stereocenters. The lowest BCUT2D eigenvalue weighted by molar-refractivity contribution is -0.135. The number of hydrogen-bond donors (Lipinski definition) is 1. The normalized spacial score (nSPS) is 9.86. The molecule has 8 heteroatoms. The van der Waals surface area contributed by atoms with Crippen molar-refractivity contribution in [2.75, 3.05) is 20.6 Å². The third kappa shape index (κ3) is 3.66. The van der Waals surface area contributed by atoms with Gasteiger partial charge in [-0.05, 0) is 19.4 Å². The Kier molecular flexibility index (Phi) is 5.18. The number of nitrogens with one attached hydrogen (secondary N) is 1. The van der Waals surface area contributed by atoms with Crippen LogP contribution in [0.5, 0.6) is 0 Å². The third-order valence-electron chi connectivity index (χ3n) is 3.12. The number of nitrogens with zero attached hydrogens (tertiary/aromatic N) is 4. The van der Waals surface area contributed by atoms with Crippen molar-refractivity contribution >= 4 is 11.8 Å². The molecule has 0 saturated heterocycles. The lowest BCUT2D eigenvalue weighted by Gasteiger charge is -2.17. The number of rotatable bonds is 4. The van der Waals surface area contributed by atoms with E-state index in [1.807, 2.05) is 6.07 Å². The van der Waals surface area contributed by atoms with Gasteiger partial charge in [0.25, 0.3) is 5.56 Å². The van der Waals surface area contributed by atoms with Crippen molar-refractivity contribution in [2.45, 2.75) is 20.4 Å². The predicted octanol–water partition coefficient (Wildman–Crippen LogP) is -1.06. The number of nitriles is 1. The molecule has 0 saturated carbocycles. The summed E-state index contributed by atoms with van der Waals surface area (Å²) in [6, 6.07) is 1.83. The summed E-state index contributed by atoms with van der Waals surface area (Å²) < 4.78 is 0.948. The average molecular weight is 291 g/mol. The van der Waals surface area contributed by atoms with Gasteiger partial charge in [0.15, 0.2) is 0 Å². The number of carbonyl (C=O) groups excluding carboxylic acids is 2. The molecule has 0 fully saturated rings. The first-order valence-corrected chi connectivity index (χ1v) is 6.24. The molecule has 0 aromatic carbocycles. The Bertz CT molecular complexity index is 672. The van der Waals surface area contributed by atoms with Crippen LogP contribution in [0.4, 0.5) is 0 Å². The molecule has 0 aliphatic rings. The number of carbonyl (C=O) groups is 2. The highest BCUT2D eigenvalue weighted by Crippen LogP contribution is 2.04. The highest BCUT2D eigenvalue weighted by molar-refractivity contribution is 5.84. The van der Waals surface area contributed by atoms with Crippen molar-refractivity contribution in [2.24, 2.45) is 0 Å². The molecule has 112 valence electrons. The molecular formula is C13H17N5O3. The second kappa shape index (κ2) is 6.65. The fourth-order valence-electron chi connectivity index (χ4n) is 1.64. The maximum absolute atomic E-state index is 12.0. The van der Waals surface area contributed by atoms with Crippen LogP contribution in [0.2, 0.25) is 0 Å². The molecule has 0 aliphatic heterocycles. The van der Waals surface area contributed by atoms with Crippen LogP contribution in [0.25, 0.3) is 0 Å². The molecule has 1 rings (SSSR count). The van der Waals surface area contributed by atoms with Gasteiger partial charge in [0.2, 0.25) is 11.8 Å². The molecular weight excluding hydrogens is 274 g/mol. The van der Waals surface area contributed by atoms with Crippen molar-refractivity contribution in [3.8, 4) is 6.07 Å². The molecule has 8 nitrogen and oxygen atoms in total. The Balaban J connectivity index is 3.02. The quantitative estimate of drug-likeness (QED) is 0.760. The summed E-state index contributed by atoms with van der Waals surface area (Å²) in [6.07, 6.45) is 0. The van der Waals surface area contributed by atoms with E-state index in [1.165, 1.54) is 19.0 Å². The molecule has 0 bridgehead atoms. The standard InChI is InChI=1S/C13H17N5O3/c1-8-9(2)16-18(13(21)10(8)5-14)7-12(20)17(4)6-11(19)15-3/h6-7H2,1-4H3,(H,15,19). The summed E-state index contributed by atoms with van der Waals surface area (Å²) in [6.45, 7) is 2.86. The molecule has 0 spiro atoms. The van der Waals surface area contributed by atoms with E-state index >= 15 is 0 Å². The van der Waals surface area contributed by atoms with E-state index in [4.69, 9.17) is 5.26 Å². The topological polar surface area (TPSA) is 108 Å². The minimum atomic E-state index is -0.609. The van der Waals surface area contributed by atoms with Gasteiger partial charge in [0.05, 0.1) is 12.2 Å². The molecule has 2 amide bonds. The predicted molar refractivity (Wildman–Crippen MR) is 74.4 cm³/mol. The molecule has 0 radical (unpaired) electrons. The van der Waals surface area contributed by atoms with Gasteiger partial charge in [-0.3, -0.25) is 14.4 Å². The van der Waals surface area contributed by atoms with Gasteiger partial charge in [-0.1, -0.05) is 0 Å². The zero-order chi connectivity index (χ0) is 16.2. The monoisotopic (exact) mass is 291 g/mol. The Hall–Kier alpha value is -2.69. The summed E-state index contributed by atoms with van der Waals surface area (Å²) >= 11 is 0. The molecule has 0 unspecified atom stereocenters. The van der Waals surface area contributed by atoms with Crippen LogP contribution < -0.4 is 10.9 Å². The lowest BCUT2D eigenvalue weighted by Crippen LogP contribution is -2.41. The van der Waals surface area contributed by atoms with E-state index in [9.17, 15) is 14.4 Å². The Labute approximate surface area is 122 Å². The fourth-order valence-corrected chi connectivity index (χ4v) is 1.64. The third-order valence-corrected chi connectivity index (χ3v) is 3.12. The summed E-state index contributed by atoms with van der Waals surface area (Å²) in [4.78, 5) is 36.4. The number of hydrogen-bond acceptors (Lipinski definition) is 5. The van der Waals surface area contributed by atoms with Crippen molar-refractivity contribution < 1.29 is 9.59 Å². The van der Waals surface area contributed by atoms with Crippen LogP contribution in [-0.4, -0.2) is 47.1 Å². The van der Waals surface area contributed by atoms with Gasteiger partial charge in [-0.2, -0.15) is 10.4 Å². The molecule has 21 heavy (non-hydrogen) atoms. The molecule has 1 aromatic heterocycles. The lowest BCUT2D eigenvalue weighted by atomic mass is 10.1. The van der Waals surface area contributed by atoms with Gasteiger partial charge in [-0.25, -0.2) is 4.68 Å². The summed E-state index contributed by atoms with van der Waals surface area (Å²) in [5, 5.41) is 15.4. The van der Waals surface area contributed by atoms with E-state index < -0.39 is 11.5 Å². The van der Waals surface area contributed by atoms with Crippen LogP contribution in [0.3, 0.4) is 0 Å². The average Bonchev–Trinajstić information content (AvgIpc) is 2.45. The van der Waals surface area contributed by atoms with Gasteiger partial charge in [0, 0.05) is 14.1 Å². The second-order valence-electron chi connectivity index (χ2n) is 4.58. The van der Waals surface area contributed by atoms with Crippen molar-refractivity contribution in [1.82, 2.24) is 20.0 Å². The SMILES string of the molecule is CNC(=O)CN(C)C(=O)Cn1nc(C)c(C)c(C#N)c1=O. The van der Waals surface area contributed by atoms with Crippen LogP contribution >= 0.6 is 0 Å². The summed E-state index contributed by atoms with van der Waals surface area (Å²) in [7, 11) is 2.92. The van der Waals surface area contributed by atoms with Crippen LogP contribution in [0.15, 0.2) is 4.79 Å². The maximum Gasteiger partial charge on any atom is 0.285 e. The molecule has 1 aromatic rings. The van der Waals surface area contributed by atoms with Gasteiger partial charge >= 0.3 is 0 Å². The van der Waals surface area contributed by atoms with E-state index in [2.05, 4.69) is 10.4 Å². The van der Waals surface area contributed by atoms with Crippen molar-refractivity contribution in [3.63, 3.8) is 0 Å². The zero-order valence-corrected chi connectivity index (χ0v) is 12.4. The minimum absolute atomic E-state index is 0.0238. The van der Waals surface area contributed by atoms with Crippen LogP contribution in [0, 0.1) is 25.2 Å². The van der Waals surface area contributed by atoms with Crippen molar-refractivity contribution in [1.29, 1.82) is 5.26 Å². The minimum Gasteiger partial charge on any atom is -0.358 e. The number of aromatic nitrogens is 2. The molecule has 1 N–H and O–H groups in total. The summed E-state index contributed by atoms with van der Waals surface area (Å²) in [5.41, 5.74) is 0.379. The fraction of sp³-hybridized carbons (Fsp3) is 0.462. The molecule has 1 heterocycles. The van der Waals surface area contributed by atoms with E-state index in [0.717, 1.165) is 4.68 Å². The highest BCUT2D eigenvalue weighted by Gasteiger charge is 2.17. The first kappa shape index (κ1) is 16.4.